The lowest BCUT2D eigenvalue weighted by Crippen LogP contribution is -2.30. The van der Waals surface area contributed by atoms with E-state index in [9.17, 15) is 13.2 Å². The zero-order chi connectivity index (χ0) is 23.2. The topological polar surface area (TPSA) is 84.9 Å². The first kappa shape index (κ1) is 24.7. The number of nitrogens with one attached hydrogen (secondary N) is 1. The molecule has 0 aliphatic heterocycles. The van der Waals surface area contributed by atoms with Crippen molar-refractivity contribution in [2.45, 2.75) is 44.9 Å². The molecule has 0 radical (unpaired) electrons. The number of carbonyl (C=O) groups excluding carboxylic acids is 1. The molecule has 2 rings (SSSR count). The highest BCUT2D eigenvalue weighted by Gasteiger charge is 2.24. The SMILES string of the molecule is CCN(CC)S(=O)(=O)c1ccc(OC)c(NC(=O)COc2ccccc2C(C)(C)C)c1. The van der Waals surface area contributed by atoms with Gasteiger partial charge in [0.15, 0.2) is 6.61 Å². The predicted molar refractivity (Wildman–Crippen MR) is 122 cm³/mol. The molecule has 0 fully saturated rings. The molecule has 0 aliphatic rings. The third-order valence-electron chi connectivity index (χ3n) is 4.84. The van der Waals surface area contributed by atoms with Crippen LogP contribution in [-0.2, 0) is 20.2 Å². The van der Waals surface area contributed by atoms with Gasteiger partial charge in [-0.25, -0.2) is 8.42 Å². The van der Waals surface area contributed by atoms with Crippen LogP contribution in [0.25, 0.3) is 0 Å². The van der Waals surface area contributed by atoms with Crippen molar-refractivity contribution in [3.63, 3.8) is 0 Å². The first-order valence-corrected chi connectivity index (χ1v) is 11.7. The van der Waals surface area contributed by atoms with Crippen LogP contribution in [0.1, 0.15) is 40.2 Å². The maximum Gasteiger partial charge on any atom is 0.262 e. The lowest BCUT2D eigenvalue weighted by molar-refractivity contribution is -0.118. The summed E-state index contributed by atoms with van der Waals surface area (Å²) in [6.07, 6.45) is 0. The fourth-order valence-electron chi connectivity index (χ4n) is 3.20. The molecule has 170 valence electrons. The van der Waals surface area contributed by atoms with Crippen LogP contribution in [0.5, 0.6) is 11.5 Å². The van der Waals surface area contributed by atoms with E-state index in [4.69, 9.17) is 9.47 Å². The van der Waals surface area contributed by atoms with Crippen molar-refractivity contribution in [1.29, 1.82) is 0 Å². The molecule has 0 spiro atoms. The number of ether oxygens (including phenoxy) is 2. The third-order valence-corrected chi connectivity index (χ3v) is 6.89. The molecule has 0 saturated heterocycles. The highest BCUT2D eigenvalue weighted by Crippen LogP contribution is 2.31. The minimum Gasteiger partial charge on any atom is -0.495 e. The van der Waals surface area contributed by atoms with Crippen molar-refractivity contribution in [3.8, 4) is 11.5 Å². The number of rotatable bonds is 9. The Morgan fingerprint density at radius 2 is 1.68 bits per heavy atom. The normalized spacial score (nSPS) is 12.0. The van der Waals surface area contributed by atoms with Crippen LogP contribution in [0.3, 0.4) is 0 Å². The highest BCUT2D eigenvalue weighted by molar-refractivity contribution is 7.89. The zero-order valence-electron chi connectivity index (χ0n) is 19.1. The van der Waals surface area contributed by atoms with Gasteiger partial charge in [-0.2, -0.15) is 4.31 Å². The van der Waals surface area contributed by atoms with Crippen LogP contribution in [-0.4, -0.2) is 45.4 Å². The van der Waals surface area contributed by atoms with Gasteiger partial charge < -0.3 is 14.8 Å². The van der Waals surface area contributed by atoms with Gasteiger partial charge in [0.2, 0.25) is 10.0 Å². The van der Waals surface area contributed by atoms with Gasteiger partial charge >= 0.3 is 0 Å². The van der Waals surface area contributed by atoms with Crippen molar-refractivity contribution in [2.24, 2.45) is 0 Å². The summed E-state index contributed by atoms with van der Waals surface area (Å²) in [5, 5.41) is 2.71. The van der Waals surface area contributed by atoms with Crippen molar-refractivity contribution < 1.29 is 22.7 Å². The molecule has 1 amide bonds. The summed E-state index contributed by atoms with van der Waals surface area (Å²) in [4.78, 5) is 12.7. The Hall–Kier alpha value is -2.58. The van der Waals surface area contributed by atoms with E-state index in [1.807, 2.05) is 24.3 Å². The van der Waals surface area contributed by atoms with Gasteiger partial charge in [0, 0.05) is 13.1 Å². The minimum absolute atomic E-state index is 0.0892. The molecule has 7 nitrogen and oxygen atoms in total. The summed E-state index contributed by atoms with van der Waals surface area (Å²) >= 11 is 0. The monoisotopic (exact) mass is 448 g/mol. The van der Waals surface area contributed by atoms with Gasteiger partial charge in [0.1, 0.15) is 11.5 Å². The molecule has 0 aromatic heterocycles. The van der Waals surface area contributed by atoms with Crippen LogP contribution in [0.2, 0.25) is 0 Å². The number of methoxy groups -OCH3 is 1. The summed E-state index contributed by atoms with van der Waals surface area (Å²) in [5.74, 6) is 0.580. The number of amides is 1. The van der Waals surface area contributed by atoms with Crippen molar-refractivity contribution >= 4 is 21.6 Å². The molecule has 2 aromatic carbocycles. The summed E-state index contributed by atoms with van der Waals surface area (Å²) < 4.78 is 38.1. The molecule has 31 heavy (non-hydrogen) atoms. The van der Waals surface area contributed by atoms with Gasteiger partial charge in [-0.15, -0.1) is 0 Å². The predicted octanol–water partition coefficient (Wildman–Crippen LogP) is 4.04. The Kier molecular flexibility index (Phi) is 8.08. The number of anilines is 1. The van der Waals surface area contributed by atoms with Crippen LogP contribution in [0.4, 0.5) is 5.69 Å². The summed E-state index contributed by atoms with van der Waals surface area (Å²) in [7, 11) is -2.21. The second-order valence-corrected chi connectivity index (χ2v) is 9.97. The number of sulfonamides is 1. The van der Waals surface area contributed by atoms with E-state index >= 15 is 0 Å². The van der Waals surface area contributed by atoms with E-state index in [2.05, 4.69) is 26.1 Å². The van der Waals surface area contributed by atoms with Crippen molar-refractivity contribution in [3.05, 3.63) is 48.0 Å². The number of nitrogens with zero attached hydrogens (tertiary/aromatic N) is 1. The van der Waals surface area contributed by atoms with Gasteiger partial charge in [0.25, 0.3) is 5.91 Å². The molecular formula is C23H32N2O5S. The fraction of sp³-hybridized carbons (Fsp3) is 0.435. The Labute approximate surface area is 185 Å². The lowest BCUT2D eigenvalue weighted by atomic mass is 9.86. The Morgan fingerprint density at radius 1 is 1.03 bits per heavy atom. The average Bonchev–Trinajstić information content (AvgIpc) is 2.72. The van der Waals surface area contributed by atoms with Gasteiger partial charge in [-0.05, 0) is 35.2 Å². The highest BCUT2D eigenvalue weighted by atomic mass is 32.2. The molecular weight excluding hydrogens is 416 g/mol. The largest absolute Gasteiger partial charge is 0.495 e. The quantitative estimate of drug-likeness (QED) is 0.626. The second kappa shape index (κ2) is 10.2. The molecule has 8 heteroatoms. The van der Waals surface area contributed by atoms with E-state index < -0.39 is 15.9 Å². The van der Waals surface area contributed by atoms with E-state index in [0.29, 0.717) is 24.6 Å². The molecule has 0 unspecified atom stereocenters. The van der Waals surface area contributed by atoms with E-state index in [1.165, 1.54) is 29.6 Å². The molecule has 0 aliphatic carbocycles. The van der Waals surface area contributed by atoms with Crippen LogP contribution in [0.15, 0.2) is 47.4 Å². The maximum atomic E-state index is 12.8. The first-order valence-electron chi connectivity index (χ1n) is 10.2. The maximum absolute atomic E-state index is 12.8. The second-order valence-electron chi connectivity index (χ2n) is 8.03. The van der Waals surface area contributed by atoms with Crippen LogP contribution >= 0.6 is 0 Å². The van der Waals surface area contributed by atoms with Crippen molar-refractivity contribution in [2.75, 3.05) is 32.1 Å². The van der Waals surface area contributed by atoms with Gasteiger partial charge in [0.05, 0.1) is 17.7 Å². The standard InChI is InChI=1S/C23H32N2O5S/c1-7-25(8-2)31(27,28)17-13-14-21(29-6)19(15-17)24-22(26)16-30-20-12-10-9-11-18(20)23(3,4)5/h9-15H,7-8,16H2,1-6H3,(H,24,26). The minimum atomic E-state index is -3.67. The van der Waals surface area contributed by atoms with Gasteiger partial charge in [-0.1, -0.05) is 52.8 Å². The number of hydrogen-bond donors (Lipinski definition) is 1. The van der Waals surface area contributed by atoms with E-state index in [0.717, 1.165) is 5.56 Å². The molecule has 1 N–H and O–H groups in total. The molecule has 0 saturated carbocycles. The lowest BCUT2D eigenvalue weighted by Gasteiger charge is -2.22. The van der Waals surface area contributed by atoms with Crippen LogP contribution < -0.4 is 14.8 Å². The van der Waals surface area contributed by atoms with Crippen LogP contribution in [0, 0.1) is 0 Å². The molecule has 2 aromatic rings. The number of carbonyl (C=O) groups is 1. The van der Waals surface area contributed by atoms with E-state index in [-0.39, 0.29) is 22.6 Å². The Morgan fingerprint density at radius 3 is 2.26 bits per heavy atom. The Balaban J connectivity index is 2.22. The smallest absolute Gasteiger partial charge is 0.262 e. The first-order chi connectivity index (χ1) is 14.5. The number of benzene rings is 2. The summed E-state index contributed by atoms with van der Waals surface area (Å²) in [6, 6.07) is 12.0. The molecule has 0 atom stereocenters. The average molecular weight is 449 g/mol. The zero-order valence-corrected chi connectivity index (χ0v) is 19.9. The number of hydrogen-bond acceptors (Lipinski definition) is 5. The number of para-hydroxylation sites is 1. The van der Waals surface area contributed by atoms with Crippen molar-refractivity contribution in [1.82, 2.24) is 4.31 Å². The fourth-order valence-corrected chi connectivity index (χ4v) is 4.68. The molecule has 0 bridgehead atoms. The summed E-state index contributed by atoms with van der Waals surface area (Å²) in [6.45, 7) is 10.3. The molecule has 0 heterocycles. The summed E-state index contributed by atoms with van der Waals surface area (Å²) in [5.41, 5.74) is 1.13. The van der Waals surface area contributed by atoms with Gasteiger partial charge in [-0.3, -0.25) is 4.79 Å². The Bertz CT molecular complexity index is 1010. The van der Waals surface area contributed by atoms with E-state index in [1.54, 1.807) is 13.8 Å². The third kappa shape index (κ3) is 5.98.